The Balaban J connectivity index is 3.35. The summed E-state index contributed by atoms with van der Waals surface area (Å²) < 4.78 is 137. The van der Waals surface area contributed by atoms with E-state index in [9.17, 15) is 48.3 Å². The van der Waals surface area contributed by atoms with Crippen LogP contribution in [0.4, 0.5) is 48.3 Å². The Morgan fingerprint density at radius 2 is 1.10 bits per heavy atom. The van der Waals surface area contributed by atoms with Crippen molar-refractivity contribution in [1.82, 2.24) is 4.98 Å². The fourth-order valence-electron chi connectivity index (χ4n) is 0.915. The van der Waals surface area contributed by atoms with E-state index in [0.29, 0.717) is 0 Å². The van der Waals surface area contributed by atoms with Gasteiger partial charge in [-0.05, 0) is 11.8 Å². The van der Waals surface area contributed by atoms with Gasteiger partial charge >= 0.3 is 17.4 Å². The van der Waals surface area contributed by atoms with E-state index in [1.54, 1.807) is 0 Å². The second kappa shape index (κ2) is 5.18. The quantitative estimate of drug-likeness (QED) is 0.451. The van der Waals surface area contributed by atoms with Crippen molar-refractivity contribution in [3.8, 4) is 0 Å². The molecule has 0 N–H and O–H groups in total. The van der Waals surface area contributed by atoms with E-state index in [1.807, 2.05) is 4.98 Å². The molecule has 0 saturated carbocycles. The Kier molecular flexibility index (Phi) is 4.38. The predicted octanol–water partition coefficient (Wildman–Crippen LogP) is 4.52. The zero-order valence-electron chi connectivity index (χ0n) is 9.01. The van der Waals surface area contributed by atoms with Crippen LogP contribution in [0.5, 0.6) is 0 Å². The van der Waals surface area contributed by atoms with Gasteiger partial charge in [-0.3, -0.25) is 0 Å². The van der Waals surface area contributed by atoms with Gasteiger partial charge in [0, 0.05) is 0 Å². The van der Waals surface area contributed by atoms with Crippen molar-refractivity contribution in [2.24, 2.45) is 0 Å². The Hall–Kier alpha value is -1.27. The van der Waals surface area contributed by atoms with Gasteiger partial charge in [0.25, 0.3) is 11.9 Å². The van der Waals surface area contributed by atoms with E-state index in [1.165, 1.54) is 0 Å². The predicted molar refractivity (Wildman–Crippen MR) is 45.9 cm³/mol. The first-order valence-electron chi connectivity index (χ1n) is 4.43. The van der Waals surface area contributed by atoms with E-state index in [4.69, 9.17) is 0 Å². The molecule has 1 aromatic rings. The number of pyridine rings is 1. The van der Waals surface area contributed by atoms with Crippen molar-refractivity contribution in [3.05, 3.63) is 23.5 Å². The number of halogens is 11. The summed E-state index contributed by atoms with van der Waals surface area (Å²) in [6.07, 6.45) is -6.76. The van der Waals surface area contributed by atoms with Crippen LogP contribution in [0.15, 0.2) is 4.90 Å². The Morgan fingerprint density at radius 1 is 0.714 bits per heavy atom. The molecule has 0 fully saturated rings. The lowest BCUT2D eigenvalue weighted by molar-refractivity contribution is -0.330. The Bertz CT molecular complexity index is 526. The number of alkyl halides is 7. The largest absolute Gasteiger partial charge is 0.460 e. The smallest absolute Gasteiger partial charge is 0.201 e. The first kappa shape index (κ1) is 17.8. The lowest BCUT2D eigenvalue weighted by Crippen LogP contribution is -2.50. The molecular formula is C8F11NS. The van der Waals surface area contributed by atoms with E-state index >= 15 is 0 Å². The molecule has 21 heavy (non-hydrogen) atoms. The summed E-state index contributed by atoms with van der Waals surface area (Å²) >= 11 is -2.01. The van der Waals surface area contributed by atoms with Crippen molar-refractivity contribution >= 4 is 11.8 Å². The molecule has 1 heterocycles. The SMILES string of the molecule is Fc1nc(F)c(F)c(SC(F)(F)C(F)(F)C(F)(F)F)c1F. The van der Waals surface area contributed by atoms with Crippen LogP contribution in [0.1, 0.15) is 0 Å². The van der Waals surface area contributed by atoms with Crippen LogP contribution in [0, 0.1) is 23.5 Å². The van der Waals surface area contributed by atoms with Crippen LogP contribution in [0.3, 0.4) is 0 Å². The maximum Gasteiger partial charge on any atom is 0.460 e. The average Bonchev–Trinajstić information content (AvgIpc) is 2.30. The van der Waals surface area contributed by atoms with Gasteiger partial charge in [-0.2, -0.15) is 44.5 Å². The number of hydrogen-bond donors (Lipinski definition) is 0. The van der Waals surface area contributed by atoms with E-state index < -0.39 is 57.5 Å². The van der Waals surface area contributed by atoms with Crippen molar-refractivity contribution in [3.63, 3.8) is 0 Å². The maximum absolute atomic E-state index is 12.9. The van der Waals surface area contributed by atoms with Gasteiger partial charge in [0.15, 0.2) is 11.6 Å². The molecule has 0 bridgehead atoms. The van der Waals surface area contributed by atoms with Crippen molar-refractivity contribution in [2.45, 2.75) is 22.2 Å². The number of thioether (sulfide) groups is 1. The van der Waals surface area contributed by atoms with Crippen molar-refractivity contribution in [1.29, 1.82) is 0 Å². The molecule has 0 saturated heterocycles. The lowest BCUT2D eigenvalue weighted by atomic mass is 10.3. The van der Waals surface area contributed by atoms with Gasteiger partial charge in [-0.25, -0.2) is 8.78 Å². The standard InChI is InChI=1S/C8F11NS/c9-1-3(2(10)5(12)20-4(1)11)21-8(18,19)6(13,14)7(15,16)17. The zero-order chi connectivity index (χ0) is 16.8. The molecule has 0 spiro atoms. The topological polar surface area (TPSA) is 12.9 Å². The maximum atomic E-state index is 12.9. The van der Waals surface area contributed by atoms with Crippen LogP contribution < -0.4 is 0 Å². The van der Waals surface area contributed by atoms with Crippen molar-refractivity contribution < 1.29 is 48.3 Å². The molecule has 0 aliphatic rings. The highest BCUT2D eigenvalue weighted by Gasteiger charge is 2.73. The number of hydrogen-bond acceptors (Lipinski definition) is 2. The molecule has 0 atom stereocenters. The zero-order valence-corrected chi connectivity index (χ0v) is 9.83. The summed E-state index contributed by atoms with van der Waals surface area (Å²) in [7, 11) is 0. The molecule has 1 rings (SSSR count). The highest BCUT2D eigenvalue weighted by molar-refractivity contribution is 8.00. The van der Waals surface area contributed by atoms with Gasteiger partial charge in [0.1, 0.15) is 0 Å². The Labute approximate surface area is 112 Å². The fourth-order valence-corrected chi connectivity index (χ4v) is 1.76. The summed E-state index contributed by atoms with van der Waals surface area (Å²) in [5.41, 5.74) is 0. The molecule has 0 aromatic carbocycles. The van der Waals surface area contributed by atoms with E-state index in [-0.39, 0.29) is 0 Å². The molecule has 1 nitrogen and oxygen atoms in total. The Morgan fingerprint density at radius 3 is 1.43 bits per heavy atom. The summed E-state index contributed by atoms with van der Waals surface area (Å²) in [6, 6.07) is 0. The number of nitrogens with zero attached hydrogens (tertiary/aromatic N) is 1. The van der Waals surface area contributed by atoms with Crippen LogP contribution >= 0.6 is 11.8 Å². The van der Waals surface area contributed by atoms with Gasteiger partial charge in [-0.15, -0.1) is 0 Å². The highest BCUT2D eigenvalue weighted by atomic mass is 32.2. The van der Waals surface area contributed by atoms with Crippen LogP contribution in [0.25, 0.3) is 0 Å². The molecule has 13 heteroatoms. The molecule has 1 aromatic heterocycles. The summed E-state index contributed by atoms with van der Waals surface area (Å²) in [5.74, 6) is -16.9. The van der Waals surface area contributed by atoms with Gasteiger partial charge < -0.3 is 0 Å². The summed E-state index contributed by atoms with van der Waals surface area (Å²) in [5, 5.41) is -6.13. The molecule has 0 amide bonds. The van der Waals surface area contributed by atoms with E-state index in [0.717, 1.165) is 0 Å². The first-order valence-corrected chi connectivity index (χ1v) is 5.25. The minimum Gasteiger partial charge on any atom is -0.201 e. The molecule has 0 radical (unpaired) electrons. The summed E-state index contributed by atoms with van der Waals surface area (Å²) in [4.78, 5) is -0.472. The normalized spacial score (nSPS) is 13.7. The highest BCUT2D eigenvalue weighted by Crippen LogP contribution is 2.54. The first-order chi connectivity index (χ1) is 9.22. The molecule has 0 unspecified atom stereocenters. The molecule has 0 aliphatic heterocycles. The van der Waals surface area contributed by atoms with E-state index in [2.05, 4.69) is 0 Å². The second-order valence-corrected chi connectivity index (χ2v) is 4.47. The second-order valence-electron chi connectivity index (χ2n) is 3.34. The van der Waals surface area contributed by atoms with Gasteiger partial charge in [0.05, 0.1) is 4.90 Å². The fraction of sp³-hybridized carbons (Fsp3) is 0.375. The molecule has 120 valence electrons. The lowest BCUT2D eigenvalue weighted by Gasteiger charge is -2.27. The van der Waals surface area contributed by atoms with Gasteiger partial charge in [0.2, 0.25) is 0 Å². The third kappa shape index (κ3) is 3.01. The average molecular weight is 351 g/mol. The van der Waals surface area contributed by atoms with Crippen LogP contribution in [-0.2, 0) is 0 Å². The van der Waals surface area contributed by atoms with Crippen LogP contribution in [-0.4, -0.2) is 22.3 Å². The van der Waals surface area contributed by atoms with Crippen LogP contribution in [0.2, 0.25) is 0 Å². The minimum atomic E-state index is -6.76. The third-order valence-corrected chi connectivity index (χ3v) is 2.98. The van der Waals surface area contributed by atoms with Gasteiger partial charge in [-0.1, -0.05) is 0 Å². The monoisotopic (exact) mass is 351 g/mol. The minimum absolute atomic E-state index is 1.92. The molecule has 0 aliphatic carbocycles. The number of aromatic nitrogens is 1. The third-order valence-electron chi connectivity index (χ3n) is 1.91. The number of rotatable bonds is 3. The molecular weight excluding hydrogens is 351 g/mol. The van der Waals surface area contributed by atoms with Crippen molar-refractivity contribution in [2.75, 3.05) is 0 Å². The summed E-state index contributed by atoms with van der Waals surface area (Å²) in [6.45, 7) is 0.